The van der Waals surface area contributed by atoms with Crippen LogP contribution in [-0.4, -0.2) is 12.9 Å². The van der Waals surface area contributed by atoms with Crippen LogP contribution in [0.2, 0.25) is 0 Å². The molecule has 1 rings (SSSR count). The Bertz CT molecular complexity index is 415. The monoisotopic (exact) mass is 257 g/mol. The fourth-order valence-corrected chi connectivity index (χ4v) is 1.26. The largest absolute Gasteiger partial charge is 0.573 e. The van der Waals surface area contributed by atoms with Crippen LogP contribution in [0.4, 0.5) is 13.2 Å². The first-order valence-electron chi connectivity index (χ1n) is 5.56. The number of alkyl halides is 3. The molecule has 5 heteroatoms. The predicted molar refractivity (Wildman–Crippen MR) is 62.9 cm³/mol. The zero-order valence-electron chi connectivity index (χ0n) is 9.76. The minimum atomic E-state index is -4.66. The standard InChI is InChI=1S/C13H14F3NO/c14-13(15,16)18-12-8-6-11(7-9-12)5-3-1-2-4-10-17/h6-9H,1-2,4,10,17H2. The molecule has 0 aliphatic heterocycles. The summed E-state index contributed by atoms with van der Waals surface area (Å²) in [7, 11) is 0. The molecule has 1 aromatic rings. The van der Waals surface area contributed by atoms with Gasteiger partial charge in [-0.1, -0.05) is 11.8 Å². The third-order valence-corrected chi connectivity index (χ3v) is 2.08. The summed E-state index contributed by atoms with van der Waals surface area (Å²) in [5.41, 5.74) is 6.00. The van der Waals surface area contributed by atoms with Gasteiger partial charge in [-0.2, -0.15) is 0 Å². The maximum Gasteiger partial charge on any atom is 0.573 e. The lowest BCUT2D eigenvalue weighted by Crippen LogP contribution is -2.16. The van der Waals surface area contributed by atoms with E-state index in [1.165, 1.54) is 24.3 Å². The zero-order chi connectivity index (χ0) is 13.4. The van der Waals surface area contributed by atoms with Crippen molar-refractivity contribution in [2.45, 2.75) is 25.6 Å². The lowest BCUT2D eigenvalue weighted by atomic mass is 10.2. The van der Waals surface area contributed by atoms with Gasteiger partial charge in [-0.15, -0.1) is 13.2 Å². The van der Waals surface area contributed by atoms with Gasteiger partial charge >= 0.3 is 6.36 Å². The van der Waals surface area contributed by atoms with Gasteiger partial charge in [0.1, 0.15) is 5.75 Å². The summed E-state index contributed by atoms with van der Waals surface area (Å²) >= 11 is 0. The average Bonchev–Trinajstić information content (AvgIpc) is 2.29. The third-order valence-electron chi connectivity index (χ3n) is 2.08. The van der Waals surface area contributed by atoms with Crippen molar-refractivity contribution in [2.75, 3.05) is 6.54 Å². The second-order valence-electron chi connectivity index (χ2n) is 3.62. The maximum atomic E-state index is 11.9. The van der Waals surface area contributed by atoms with E-state index in [9.17, 15) is 13.2 Å². The molecule has 0 fully saturated rings. The van der Waals surface area contributed by atoms with E-state index in [2.05, 4.69) is 16.6 Å². The van der Waals surface area contributed by atoms with Crippen LogP contribution in [0, 0.1) is 11.8 Å². The summed E-state index contributed by atoms with van der Waals surface area (Å²) < 4.78 is 39.5. The highest BCUT2D eigenvalue weighted by Gasteiger charge is 2.30. The molecule has 0 aliphatic rings. The van der Waals surface area contributed by atoms with Gasteiger partial charge in [-0.25, -0.2) is 0 Å². The van der Waals surface area contributed by atoms with Crippen LogP contribution in [0.25, 0.3) is 0 Å². The number of hydrogen-bond donors (Lipinski definition) is 1. The van der Waals surface area contributed by atoms with Crippen molar-refractivity contribution in [2.24, 2.45) is 5.73 Å². The van der Waals surface area contributed by atoms with Crippen LogP contribution < -0.4 is 10.5 Å². The van der Waals surface area contributed by atoms with Crippen molar-refractivity contribution in [3.05, 3.63) is 29.8 Å². The van der Waals surface area contributed by atoms with Gasteiger partial charge in [0.25, 0.3) is 0 Å². The first kappa shape index (κ1) is 14.4. The van der Waals surface area contributed by atoms with Gasteiger partial charge in [0.2, 0.25) is 0 Å². The number of nitrogens with two attached hydrogens (primary N) is 1. The molecule has 0 aliphatic carbocycles. The molecule has 98 valence electrons. The molecular weight excluding hydrogens is 243 g/mol. The minimum absolute atomic E-state index is 0.240. The molecule has 1 aromatic carbocycles. The van der Waals surface area contributed by atoms with Crippen LogP contribution >= 0.6 is 0 Å². The Kier molecular flexibility index (Phi) is 5.53. The number of halogens is 3. The Morgan fingerprint density at radius 1 is 1.11 bits per heavy atom. The minimum Gasteiger partial charge on any atom is -0.406 e. The summed E-state index contributed by atoms with van der Waals surface area (Å²) in [5, 5.41) is 0. The molecule has 0 aromatic heterocycles. The molecule has 2 nitrogen and oxygen atoms in total. The lowest BCUT2D eigenvalue weighted by molar-refractivity contribution is -0.274. The van der Waals surface area contributed by atoms with Gasteiger partial charge in [-0.05, 0) is 43.7 Å². The van der Waals surface area contributed by atoms with E-state index < -0.39 is 6.36 Å². The Balaban J connectivity index is 2.50. The number of unbranched alkanes of at least 4 members (excludes halogenated alkanes) is 2. The van der Waals surface area contributed by atoms with Crippen LogP contribution in [0.3, 0.4) is 0 Å². The topological polar surface area (TPSA) is 35.2 Å². The van der Waals surface area contributed by atoms with E-state index in [0.717, 1.165) is 19.3 Å². The highest BCUT2D eigenvalue weighted by Crippen LogP contribution is 2.22. The predicted octanol–water partition coefficient (Wildman–Crippen LogP) is 3.07. The van der Waals surface area contributed by atoms with Crippen molar-refractivity contribution in [1.82, 2.24) is 0 Å². The molecule has 0 bridgehead atoms. The Morgan fingerprint density at radius 2 is 1.78 bits per heavy atom. The van der Waals surface area contributed by atoms with Crippen LogP contribution in [0.1, 0.15) is 24.8 Å². The summed E-state index contributed by atoms with van der Waals surface area (Å²) in [5.74, 6) is 5.56. The van der Waals surface area contributed by atoms with Gasteiger partial charge < -0.3 is 10.5 Å². The summed E-state index contributed by atoms with van der Waals surface area (Å²) in [6, 6.07) is 5.49. The quantitative estimate of drug-likeness (QED) is 0.664. The van der Waals surface area contributed by atoms with Crippen molar-refractivity contribution in [3.63, 3.8) is 0 Å². The third kappa shape index (κ3) is 6.16. The van der Waals surface area contributed by atoms with E-state index in [4.69, 9.17) is 5.73 Å². The molecule has 0 radical (unpaired) electrons. The summed E-state index contributed by atoms with van der Waals surface area (Å²) in [6.07, 6.45) is -2.07. The van der Waals surface area contributed by atoms with Crippen molar-refractivity contribution >= 4 is 0 Å². The van der Waals surface area contributed by atoms with E-state index in [0.29, 0.717) is 12.1 Å². The second-order valence-corrected chi connectivity index (χ2v) is 3.62. The molecule has 0 atom stereocenters. The molecule has 0 saturated heterocycles. The first-order valence-corrected chi connectivity index (χ1v) is 5.56. The fourth-order valence-electron chi connectivity index (χ4n) is 1.26. The number of benzene rings is 1. The molecule has 0 spiro atoms. The fraction of sp³-hybridized carbons (Fsp3) is 0.385. The number of rotatable bonds is 4. The lowest BCUT2D eigenvalue weighted by Gasteiger charge is -2.07. The van der Waals surface area contributed by atoms with Crippen LogP contribution in [0.15, 0.2) is 24.3 Å². The summed E-state index contributed by atoms with van der Waals surface area (Å²) in [4.78, 5) is 0. The van der Waals surface area contributed by atoms with E-state index in [1.807, 2.05) is 0 Å². The number of ether oxygens (including phenoxy) is 1. The van der Waals surface area contributed by atoms with Gasteiger partial charge in [0, 0.05) is 12.0 Å². The van der Waals surface area contributed by atoms with Gasteiger partial charge in [-0.3, -0.25) is 0 Å². The zero-order valence-corrected chi connectivity index (χ0v) is 9.76. The van der Waals surface area contributed by atoms with Crippen molar-refractivity contribution in [1.29, 1.82) is 0 Å². The van der Waals surface area contributed by atoms with E-state index in [1.54, 1.807) is 0 Å². The molecule has 0 saturated carbocycles. The first-order chi connectivity index (χ1) is 8.51. The van der Waals surface area contributed by atoms with Crippen LogP contribution in [-0.2, 0) is 0 Å². The van der Waals surface area contributed by atoms with E-state index in [-0.39, 0.29) is 5.75 Å². The normalized spacial score (nSPS) is 10.7. The molecule has 0 unspecified atom stereocenters. The summed E-state index contributed by atoms with van der Waals surface area (Å²) in [6.45, 7) is 0.644. The Morgan fingerprint density at radius 3 is 2.33 bits per heavy atom. The van der Waals surface area contributed by atoms with Crippen molar-refractivity contribution < 1.29 is 17.9 Å². The second kappa shape index (κ2) is 6.92. The molecule has 2 N–H and O–H groups in total. The Labute approximate surface area is 104 Å². The van der Waals surface area contributed by atoms with Gasteiger partial charge in [0.15, 0.2) is 0 Å². The highest BCUT2D eigenvalue weighted by molar-refractivity contribution is 5.38. The molecular formula is C13H14F3NO. The highest BCUT2D eigenvalue weighted by atomic mass is 19.4. The van der Waals surface area contributed by atoms with E-state index >= 15 is 0 Å². The van der Waals surface area contributed by atoms with Crippen LogP contribution in [0.5, 0.6) is 5.75 Å². The maximum absolute atomic E-state index is 11.9. The smallest absolute Gasteiger partial charge is 0.406 e. The molecule has 0 amide bonds. The molecule has 0 heterocycles. The van der Waals surface area contributed by atoms with Gasteiger partial charge in [0.05, 0.1) is 0 Å². The average molecular weight is 257 g/mol. The molecule has 18 heavy (non-hydrogen) atoms. The van der Waals surface area contributed by atoms with Crippen molar-refractivity contribution in [3.8, 4) is 17.6 Å². The SMILES string of the molecule is NCCCCC#Cc1ccc(OC(F)(F)F)cc1. The Hall–Kier alpha value is -1.67. The number of hydrogen-bond acceptors (Lipinski definition) is 2.